The van der Waals surface area contributed by atoms with Crippen LogP contribution in [0.5, 0.6) is 0 Å². The third-order valence-electron chi connectivity index (χ3n) is 1.69. The van der Waals surface area contributed by atoms with E-state index in [1.54, 1.807) is 6.08 Å². The molecule has 0 aliphatic carbocycles. The van der Waals surface area contributed by atoms with Crippen molar-refractivity contribution >= 4 is 5.91 Å². The molecule has 2 nitrogen and oxygen atoms in total. The lowest BCUT2D eigenvalue weighted by Crippen LogP contribution is -2.33. The highest BCUT2D eigenvalue weighted by atomic mass is 16.1. The van der Waals surface area contributed by atoms with E-state index in [4.69, 9.17) is 6.42 Å². The highest BCUT2D eigenvalue weighted by molar-refractivity contribution is 5.76. The van der Waals surface area contributed by atoms with Gasteiger partial charge in [-0.25, -0.2) is 0 Å². The summed E-state index contributed by atoms with van der Waals surface area (Å²) in [4.78, 5) is 11.2. The van der Waals surface area contributed by atoms with Crippen LogP contribution in [-0.4, -0.2) is 11.9 Å². The fourth-order valence-electron chi connectivity index (χ4n) is 0.985. The lowest BCUT2D eigenvalue weighted by atomic mass is 10.1. The first kappa shape index (κ1) is 11.8. The molecule has 0 saturated heterocycles. The molecule has 0 bridgehead atoms. The Labute approximate surface area is 80.4 Å². The highest BCUT2D eigenvalue weighted by Crippen LogP contribution is 1.96. The third-order valence-corrected chi connectivity index (χ3v) is 1.69. The van der Waals surface area contributed by atoms with E-state index < -0.39 is 0 Å². The zero-order valence-corrected chi connectivity index (χ0v) is 8.18. The fraction of sp³-hybridized carbons (Fsp3) is 0.545. The molecular weight excluding hydrogens is 162 g/mol. The number of hydrogen-bond acceptors (Lipinski definition) is 1. The number of carbonyl (C=O) groups is 1. The molecule has 1 unspecified atom stereocenters. The maximum atomic E-state index is 11.2. The minimum atomic E-state index is -0.109. The van der Waals surface area contributed by atoms with Crippen LogP contribution in [0, 0.1) is 12.3 Å². The Morgan fingerprint density at radius 3 is 2.92 bits per heavy atom. The molecule has 0 aromatic carbocycles. The van der Waals surface area contributed by atoms with Gasteiger partial charge < -0.3 is 5.32 Å². The van der Waals surface area contributed by atoms with Crippen LogP contribution in [0.4, 0.5) is 0 Å². The van der Waals surface area contributed by atoms with Crippen LogP contribution in [-0.2, 0) is 4.79 Å². The number of rotatable bonds is 6. The van der Waals surface area contributed by atoms with Crippen molar-refractivity contribution in [3.63, 3.8) is 0 Å². The lowest BCUT2D eigenvalue weighted by Gasteiger charge is -2.10. The summed E-state index contributed by atoms with van der Waals surface area (Å²) in [5.74, 6) is 2.56. The molecule has 0 aromatic rings. The molecule has 1 atom stereocenters. The largest absolute Gasteiger partial charge is 0.342 e. The number of nitrogens with one attached hydrogen (secondary N) is 1. The SMILES string of the molecule is C#CC(CCC)NC(=O)CCC=C. The Balaban J connectivity index is 3.74. The van der Waals surface area contributed by atoms with E-state index >= 15 is 0 Å². The molecule has 0 rings (SSSR count). The Kier molecular flexibility index (Phi) is 6.72. The molecule has 0 spiro atoms. The molecule has 1 N–H and O–H groups in total. The van der Waals surface area contributed by atoms with E-state index in [2.05, 4.69) is 17.8 Å². The predicted octanol–water partition coefficient (Wildman–Crippen LogP) is 1.87. The van der Waals surface area contributed by atoms with Gasteiger partial charge in [-0.2, -0.15) is 0 Å². The van der Waals surface area contributed by atoms with Crippen molar-refractivity contribution in [1.29, 1.82) is 0 Å². The molecule has 0 radical (unpaired) electrons. The summed E-state index contributed by atoms with van der Waals surface area (Å²) in [6.45, 7) is 5.59. The van der Waals surface area contributed by atoms with Crippen molar-refractivity contribution in [2.24, 2.45) is 0 Å². The summed E-state index contributed by atoms with van der Waals surface area (Å²) in [6, 6.07) is -0.109. The van der Waals surface area contributed by atoms with Crippen LogP contribution in [0.15, 0.2) is 12.7 Å². The van der Waals surface area contributed by atoms with Gasteiger partial charge in [-0.15, -0.1) is 13.0 Å². The third kappa shape index (κ3) is 5.98. The molecule has 1 amide bonds. The van der Waals surface area contributed by atoms with Crippen molar-refractivity contribution in [3.05, 3.63) is 12.7 Å². The second kappa shape index (κ2) is 7.42. The van der Waals surface area contributed by atoms with E-state index in [0.29, 0.717) is 12.8 Å². The topological polar surface area (TPSA) is 29.1 Å². The van der Waals surface area contributed by atoms with Crippen LogP contribution >= 0.6 is 0 Å². The van der Waals surface area contributed by atoms with E-state index in [1.807, 2.05) is 6.92 Å². The van der Waals surface area contributed by atoms with Gasteiger partial charge in [-0.05, 0) is 12.8 Å². The van der Waals surface area contributed by atoms with Gasteiger partial charge in [0.1, 0.15) is 0 Å². The van der Waals surface area contributed by atoms with Crippen LogP contribution in [0.3, 0.4) is 0 Å². The van der Waals surface area contributed by atoms with Crippen molar-refractivity contribution in [1.82, 2.24) is 5.32 Å². The number of allylic oxidation sites excluding steroid dienone is 1. The van der Waals surface area contributed by atoms with Gasteiger partial charge in [-0.1, -0.05) is 25.3 Å². The van der Waals surface area contributed by atoms with Crippen molar-refractivity contribution in [3.8, 4) is 12.3 Å². The van der Waals surface area contributed by atoms with Crippen LogP contribution in [0.25, 0.3) is 0 Å². The second-order valence-corrected chi connectivity index (χ2v) is 2.90. The summed E-state index contributed by atoms with van der Waals surface area (Å²) in [5.41, 5.74) is 0. The molecule has 13 heavy (non-hydrogen) atoms. The Morgan fingerprint density at radius 2 is 2.46 bits per heavy atom. The fourth-order valence-corrected chi connectivity index (χ4v) is 0.985. The zero-order chi connectivity index (χ0) is 10.1. The van der Waals surface area contributed by atoms with Gasteiger partial charge >= 0.3 is 0 Å². The molecular formula is C11H17NO. The van der Waals surface area contributed by atoms with E-state index in [1.165, 1.54) is 0 Å². The number of amides is 1. The zero-order valence-electron chi connectivity index (χ0n) is 8.18. The summed E-state index contributed by atoms with van der Waals surface area (Å²) < 4.78 is 0. The minimum absolute atomic E-state index is 0.0105. The first-order valence-electron chi connectivity index (χ1n) is 4.61. The van der Waals surface area contributed by atoms with Crippen LogP contribution < -0.4 is 5.32 Å². The Bertz CT molecular complexity index is 203. The molecule has 72 valence electrons. The van der Waals surface area contributed by atoms with E-state index in [9.17, 15) is 4.79 Å². The van der Waals surface area contributed by atoms with E-state index in [-0.39, 0.29) is 11.9 Å². The van der Waals surface area contributed by atoms with Gasteiger partial charge in [0.25, 0.3) is 0 Å². The number of hydrogen-bond donors (Lipinski definition) is 1. The molecule has 0 heterocycles. The second-order valence-electron chi connectivity index (χ2n) is 2.90. The average molecular weight is 179 g/mol. The minimum Gasteiger partial charge on any atom is -0.342 e. The standard InChI is InChI=1S/C11H17NO/c1-4-7-9-11(13)12-10(6-3)8-5-2/h3-4,10H,1,5,7-9H2,2H3,(H,12,13). The molecule has 0 fully saturated rings. The summed E-state index contributed by atoms with van der Waals surface area (Å²) in [6.07, 6.45) is 9.98. The quantitative estimate of drug-likeness (QED) is 0.489. The van der Waals surface area contributed by atoms with Crippen molar-refractivity contribution < 1.29 is 4.79 Å². The molecule has 0 aromatic heterocycles. The molecule has 0 saturated carbocycles. The lowest BCUT2D eigenvalue weighted by molar-refractivity contribution is -0.121. The van der Waals surface area contributed by atoms with Gasteiger partial charge in [-0.3, -0.25) is 4.79 Å². The predicted molar refractivity (Wildman–Crippen MR) is 55.1 cm³/mol. The van der Waals surface area contributed by atoms with Crippen molar-refractivity contribution in [2.75, 3.05) is 0 Å². The summed E-state index contributed by atoms with van der Waals surface area (Å²) in [7, 11) is 0. The van der Waals surface area contributed by atoms with Crippen LogP contribution in [0.2, 0.25) is 0 Å². The van der Waals surface area contributed by atoms with Gasteiger partial charge in [0, 0.05) is 6.42 Å². The van der Waals surface area contributed by atoms with Crippen molar-refractivity contribution in [2.45, 2.75) is 38.6 Å². The van der Waals surface area contributed by atoms with Gasteiger partial charge in [0.15, 0.2) is 0 Å². The van der Waals surface area contributed by atoms with Gasteiger partial charge in [0.2, 0.25) is 5.91 Å². The number of carbonyl (C=O) groups excluding carboxylic acids is 1. The smallest absolute Gasteiger partial charge is 0.221 e. The molecule has 0 aliphatic heterocycles. The molecule has 0 aliphatic rings. The normalized spacial score (nSPS) is 11.4. The maximum absolute atomic E-state index is 11.2. The maximum Gasteiger partial charge on any atom is 0.221 e. The Hall–Kier alpha value is -1.23. The monoisotopic (exact) mass is 179 g/mol. The summed E-state index contributed by atoms with van der Waals surface area (Å²) >= 11 is 0. The Morgan fingerprint density at radius 1 is 1.77 bits per heavy atom. The first-order valence-corrected chi connectivity index (χ1v) is 4.61. The van der Waals surface area contributed by atoms with E-state index in [0.717, 1.165) is 12.8 Å². The average Bonchev–Trinajstić information content (AvgIpc) is 2.14. The first-order chi connectivity index (χ1) is 6.24. The highest BCUT2D eigenvalue weighted by Gasteiger charge is 2.06. The summed E-state index contributed by atoms with van der Waals surface area (Å²) in [5, 5.41) is 2.78. The van der Waals surface area contributed by atoms with Gasteiger partial charge in [0.05, 0.1) is 6.04 Å². The van der Waals surface area contributed by atoms with Crippen LogP contribution in [0.1, 0.15) is 32.6 Å². The molecule has 2 heteroatoms. The number of terminal acetylenes is 1.